The smallest absolute Gasteiger partial charge is 0.353 e. The number of hydrogen-bond acceptors (Lipinski definition) is 2. The minimum Gasteiger partial charge on any atom is -0.353 e. The summed E-state index contributed by atoms with van der Waals surface area (Å²) >= 11 is 0. The van der Waals surface area contributed by atoms with Gasteiger partial charge >= 0.3 is 6.18 Å². The van der Waals surface area contributed by atoms with Crippen molar-refractivity contribution in [2.75, 3.05) is 6.54 Å². The molecule has 2 N–H and O–H groups in total. The van der Waals surface area contributed by atoms with Gasteiger partial charge in [-0.2, -0.15) is 13.2 Å². The van der Waals surface area contributed by atoms with E-state index in [2.05, 4.69) is 10.6 Å². The molecular weight excluding hydrogens is 269 g/mol. The van der Waals surface area contributed by atoms with E-state index in [0.717, 1.165) is 12.1 Å². The highest BCUT2D eigenvalue weighted by Crippen LogP contribution is 2.29. The van der Waals surface area contributed by atoms with Crippen molar-refractivity contribution in [1.82, 2.24) is 10.6 Å². The number of amides is 1. The van der Waals surface area contributed by atoms with Crippen LogP contribution in [0.2, 0.25) is 0 Å². The van der Waals surface area contributed by atoms with Gasteiger partial charge in [0.15, 0.2) is 0 Å². The third kappa shape index (κ3) is 5.21. The van der Waals surface area contributed by atoms with E-state index in [-0.39, 0.29) is 24.5 Å². The van der Waals surface area contributed by atoms with Crippen LogP contribution in [-0.4, -0.2) is 18.5 Å². The van der Waals surface area contributed by atoms with Gasteiger partial charge in [-0.05, 0) is 38.5 Å². The van der Waals surface area contributed by atoms with Gasteiger partial charge in [0, 0.05) is 12.1 Å². The van der Waals surface area contributed by atoms with Crippen molar-refractivity contribution in [2.24, 2.45) is 0 Å². The Morgan fingerprint density at radius 3 is 2.15 bits per heavy atom. The molecular formula is C14H19F3N2O. The predicted octanol–water partition coefficient (Wildman–Crippen LogP) is 2.88. The number of hydrogen-bond donors (Lipinski definition) is 2. The normalized spacial score (nSPS) is 13.3. The van der Waals surface area contributed by atoms with Crippen LogP contribution in [-0.2, 0) is 11.0 Å². The molecule has 6 heteroatoms. The third-order valence-electron chi connectivity index (χ3n) is 2.76. The third-order valence-corrected chi connectivity index (χ3v) is 2.76. The standard InChI is InChI=1S/C14H19F3N2O/c1-9(2)19-13(20)8-18-10(3)11-4-6-12(7-5-11)14(15,16)17/h4-7,9-10,18H,8H2,1-3H3,(H,19,20). The van der Waals surface area contributed by atoms with Crippen molar-refractivity contribution in [3.8, 4) is 0 Å². The van der Waals surface area contributed by atoms with Crippen LogP contribution in [0.5, 0.6) is 0 Å². The average molecular weight is 288 g/mol. The molecule has 0 bridgehead atoms. The quantitative estimate of drug-likeness (QED) is 0.874. The summed E-state index contributed by atoms with van der Waals surface area (Å²) in [6.45, 7) is 5.64. The minimum absolute atomic E-state index is 0.0608. The van der Waals surface area contributed by atoms with Gasteiger partial charge in [-0.25, -0.2) is 0 Å². The molecule has 1 unspecified atom stereocenters. The van der Waals surface area contributed by atoms with Crippen LogP contribution in [0.25, 0.3) is 0 Å². The molecule has 1 aromatic rings. The summed E-state index contributed by atoms with van der Waals surface area (Å²) < 4.78 is 37.3. The monoisotopic (exact) mass is 288 g/mol. The highest BCUT2D eigenvalue weighted by molar-refractivity contribution is 5.78. The Hall–Kier alpha value is -1.56. The summed E-state index contributed by atoms with van der Waals surface area (Å²) in [6.07, 6.45) is -4.33. The molecule has 0 aliphatic carbocycles. The second kappa shape index (κ2) is 6.74. The van der Waals surface area contributed by atoms with Gasteiger partial charge in [0.05, 0.1) is 12.1 Å². The first kappa shape index (κ1) is 16.5. The number of benzene rings is 1. The fraction of sp³-hybridized carbons (Fsp3) is 0.500. The largest absolute Gasteiger partial charge is 0.416 e. The molecule has 112 valence electrons. The SMILES string of the molecule is CC(C)NC(=O)CNC(C)c1ccc(C(F)(F)F)cc1. The molecule has 0 heterocycles. The molecule has 0 aromatic heterocycles. The lowest BCUT2D eigenvalue weighted by Gasteiger charge is -2.16. The Kier molecular flexibility index (Phi) is 5.56. The van der Waals surface area contributed by atoms with E-state index in [1.165, 1.54) is 12.1 Å². The van der Waals surface area contributed by atoms with Gasteiger partial charge in [0.2, 0.25) is 5.91 Å². The van der Waals surface area contributed by atoms with Crippen LogP contribution in [0.4, 0.5) is 13.2 Å². The van der Waals surface area contributed by atoms with E-state index in [9.17, 15) is 18.0 Å². The zero-order chi connectivity index (χ0) is 15.3. The summed E-state index contributed by atoms with van der Waals surface area (Å²) in [6, 6.07) is 4.78. The molecule has 1 rings (SSSR count). The topological polar surface area (TPSA) is 41.1 Å². The van der Waals surface area contributed by atoms with Gasteiger partial charge in [0.25, 0.3) is 0 Å². The summed E-state index contributed by atoms with van der Waals surface area (Å²) in [4.78, 5) is 11.5. The van der Waals surface area contributed by atoms with Crippen molar-refractivity contribution in [3.05, 3.63) is 35.4 Å². The van der Waals surface area contributed by atoms with Gasteiger partial charge in [-0.3, -0.25) is 4.79 Å². The molecule has 0 aliphatic rings. The summed E-state index contributed by atoms with van der Waals surface area (Å²) in [5, 5.41) is 5.70. The molecule has 1 amide bonds. The van der Waals surface area contributed by atoms with Crippen molar-refractivity contribution < 1.29 is 18.0 Å². The van der Waals surface area contributed by atoms with Gasteiger partial charge in [-0.1, -0.05) is 12.1 Å². The predicted molar refractivity (Wildman–Crippen MR) is 71.1 cm³/mol. The lowest BCUT2D eigenvalue weighted by molar-refractivity contribution is -0.137. The Bertz CT molecular complexity index is 441. The molecule has 0 aliphatic heterocycles. The van der Waals surface area contributed by atoms with Crippen molar-refractivity contribution in [1.29, 1.82) is 0 Å². The lowest BCUT2D eigenvalue weighted by atomic mass is 10.1. The second-order valence-corrected chi connectivity index (χ2v) is 4.94. The number of nitrogens with one attached hydrogen (secondary N) is 2. The maximum absolute atomic E-state index is 12.4. The highest BCUT2D eigenvalue weighted by atomic mass is 19.4. The Balaban J connectivity index is 2.56. The summed E-state index contributed by atoms with van der Waals surface area (Å²) in [7, 11) is 0. The molecule has 1 atom stereocenters. The van der Waals surface area contributed by atoms with Crippen LogP contribution < -0.4 is 10.6 Å². The van der Waals surface area contributed by atoms with Crippen LogP contribution in [0.15, 0.2) is 24.3 Å². The molecule has 0 fully saturated rings. The average Bonchev–Trinajstić information content (AvgIpc) is 2.34. The Labute approximate surface area is 116 Å². The molecule has 0 spiro atoms. The number of carbonyl (C=O) groups excluding carboxylic acids is 1. The summed E-state index contributed by atoms with van der Waals surface area (Å²) in [5.41, 5.74) is 0.0290. The first-order valence-electron chi connectivity index (χ1n) is 6.40. The number of alkyl halides is 3. The zero-order valence-corrected chi connectivity index (χ0v) is 11.7. The van der Waals surface area contributed by atoms with E-state index < -0.39 is 11.7 Å². The summed E-state index contributed by atoms with van der Waals surface area (Å²) in [5.74, 6) is -0.140. The Morgan fingerprint density at radius 1 is 1.15 bits per heavy atom. The fourth-order valence-corrected chi connectivity index (χ4v) is 1.70. The van der Waals surface area contributed by atoms with Gasteiger partial charge < -0.3 is 10.6 Å². The maximum atomic E-state index is 12.4. The molecule has 0 saturated carbocycles. The van der Waals surface area contributed by atoms with E-state index >= 15 is 0 Å². The van der Waals surface area contributed by atoms with Gasteiger partial charge in [-0.15, -0.1) is 0 Å². The maximum Gasteiger partial charge on any atom is 0.416 e. The van der Waals surface area contributed by atoms with Gasteiger partial charge in [0.1, 0.15) is 0 Å². The molecule has 0 saturated heterocycles. The number of carbonyl (C=O) groups is 1. The van der Waals surface area contributed by atoms with E-state index in [4.69, 9.17) is 0 Å². The molecule has 20 heavy (non-hydrogen) atoms. The second-order valence-electron chi connectivity index (χ2n) is 4.94. The zero-order valence-electron chi connectivity index (χ0n) is 11.7. The van der Waals surface area contributed by atoms with Crippen LogP contribution >= 0.6 is 0 Å². The molecule has 0 radical (unpaired) electrons. The number of halogens is 3. The Morgan fingerprint density at radius 2 is 1.70 bits per heavy atom. The minimum atomic E-state index is -4.33. The lowest BCUT2D eigenvalue weighted by Crippen LogP contribution is -2.38. The van der Waals surface area contributed by atoms with Crippen LogP contribution in [0, 0.1) is 0 Å². The molecule has 3 nitrogen and oxygen atoms in total. The highest BCUT2D eigenvalue weighted by Gasteiger charge is 2.30. The molecule has 1 aromatic carbocycles. The van der Waals surface area contributed by atoms with E-state index in [1.807, 2.05) is 13.8 Å². The van der Waals surface area contributed by atoms with Crippen LogP contribution in [0.3, 0.4) is 0 Å². The van der Waals surface area contributed by atoms with Crippen molar-refractivity contribution in [2.45, 2.75) is 39.0 Å². The van der Waals surface area contributed by atoms with E-state index in [0.29, 0.717) is 5.56 Å². The van der Waals surface area contributed by atoms with Crippen molar-refractivity contribution >= 4 is 5.91 Å². The fourth-order valence-electron chi connectivity index (χ4n) is 1.70. The number of rotatable bonds is 5. The van der Waals surface area contributed by atoms with E-state index in [1.54, 1.807) is 6.92 Å². The van der Waals surface area contributed by atoms with Crippen LogP contribution in [0.1, 0.15) is 37.9 Å². The van der Waals surface area contributed by atoms with Crippen molar-refractivity contribution in [3.63, 3.8) is 0 Å². The first-order valence-corrected chi connectivity index (χ1v) is 6.40. The first-order chi connectivity index (χ1) is 9.20.